The normalized spacial score (nSPS) is 21.4. The lowest BCUT2D eigenvalue weighted by Crippen LogP contribution is -2.39. The second kappa shape index (κ2) is 8.25. The van der Waals surface area contributed by atoms with Gasteiger partial charge in [-0.3, -0.25) is 0 Å². The van der Waals surface area contributed by atoms with E-state index in [9.17, 15) is 4.39 Å². The summed E-state index contributed by atoms with van der Waals surface area (Å²) in [6, 6.07) is 5.88. The highest BCUT2D eigenvalue weighted by molar-refractivity contribution is 9.10. The molecule has 2 nitrogen and oxygen atoms in total. The molecule has 1 aliphatic rings. The fraction of sp³-hybridized carbons (Fsp3) is 0.647. The highest BCUT2D eigenvalue weighted by atomic mass is 79.9. The molecule has 1 aromatic carbocycles. The van der Waals surface area contributed by atoms with Crippen molar-refractivity contribution in [3.05, 3.63) is 34.1 Å². The van der Waals surface area contributed by atoms with Crippen LogP contribution in [0.15, 0.2) is 22.7 Å². The predicted octanol–water partition coefficient (Wildman–Crippen LogP) is 4.50. The van der Waals surface area contributed by atoms with Gasteiger partial charge >= 0.3 is 0 Å². The highest BCUT2D eigenvalue weighted by Gasteiger charge is 2.17. The number of nitrogens with one attached hydrogen (secondary N) is 1. The van der Waals surface area contributed by atoms with Crippen molar-refractivity contribution in [3.8, 4) is 0 Å². The molecule has 0 aliphatic carbocycles. The molecule has 0 aromatic heterocycles. The maximum absolute atomic E-state index is 13.1. The fourth-order valence-corrected chi connectivity index (χ4v) is 3.75. The Hall–Kier alpha value is -0.450. The molecule has 1 heterocycles. The summed E-state index contributed by atoms with van der Waals surface area (Å²) >= 11 is 3.44. The van der Waals surface area contributed by atoms with Gasteiger partial charge in [-0.05, 0) is 70.4 Å². The molecule has 1 N–H and O–H groups in total. The van der Waals surface area contributed by atoms with Crippen molar-refractivity contribution < 1.29 is 4.39 Å². The average molecular weight is 357 g/mol. The van der Waals surface area contributed by atoms with Crippen molar-refractivity contribution in [3.63, 3.8) is 0 Å². The molecule has 21 heavy (non-hydrogen) atoms. The van der Waals surface area contributed by atoms with Gasteiger partial charge in [-0.2, -0.15) is 0 Å². The van der Waals surface area contributed by atoms with Crippen molar-refractivity contribution >= 4 is 15.9 Å². The minimum Gasteiger partial charge on any atom is -0.310 e. The molecule has 2 unspecified atom stereocenters. The number of piperidine rings is 1. The number of hydrogen-bond acceptors (Lipinski definition) is 2. The monoisotopic (exact) mass is 356 g/mol. The first-order chi connectivity index (χ1) is 10.1. The summed E-state index contributed by atoms with van der Waals surface area (Å²) in [4.78, 5) is 2.60. The van der Waals surface area contributed by atoms with Crippen LogP contribution in [0, 0.1) is 5.82 Å². The summed E-state index contributed by atoms with van der Waals surface area (Å²) in [6.07, 6.45) is 5.22. The second-order valence-electron chi connectivity index (χ2n) is 6.08. The SMILES string of the molecule is CC(NCCCN1CCCCC1C)c1ccc(F)cc1Br. The minimum atomic E-state index is -0.197. The number of benzene rings is 1. The van der Waals surface area contributed by atoms with Crippen molar-refractivity contribution in [2.75, 3.05) is 19.6 Å². The zero-order chi connectivity index (χ0) is 15.2. The lowest BCUT2D eigenvalue weighted by Gasteiger charge is -2.33. The van der Waals surface area contributed by atoms with Crippen molar-refractivity contribution in [2.45, 2.75) is 51.6 Å². The van der Waals surface area contributed by atoms with E-state index in [0.29, 0.717) is 0 Å². The summed E-state index contributed by atoms with van der Waals surface area (Å²) in [5.41, 5.74) is 1.11. The van der Waals surface area contributed by atoms with Crippen molar-refractivity contribution in [2.24, 2.45) is 0 Å². The van der Waals surface area contributed by atoms with Crippen LogP contribution < -0.4 is 5.32 Å². The number of halogens is 2. The topological polar surface area (TPSA) is 15.3 Å². The average Bonchev–Trinajstić information content (AvgIpc) is 2.45. The van der Waals surface area contributed by atoms with Gasteiger partial charge in [0.2, 0.25) is 0 Å². The first-order valence-electron chi connectivity index (χ1n) is 8.00. The Morgan fingerprint density at radius 2 is 2.24 bits per heavy atom. The quantitative estimate of drug-likeness (QED) is 0.754. The van der Waals surface area contributed by atoms with Crippen molar-refractivity contribution in [1.82, 2.24) is 10.2 Å². The van der Waals surface area contributed by atoms with E-state index in [1.54, 1.807) is 0 Å². The Kier molecular flexibility index (Phi) is 6.65. The Labute approximate surface area is 136 Å². The summed E-state index contributed by atoms with van der Waals surface area (Å²) in [5.74, 6) is -0.197. The van der Waals surface area contributed by atoms with Gasteiger partial charge < -0.3 is 10.2 Å². The van der Waals surface area contributed by atoms with Crippen LogP contribution in [0.4, 0.5) is 4.39 Å². The van der Waals surface area contributed by atoms with Crippen molar-refractivity contribution in [1.29, 1.82) is 0 Å². The van der Waals surface area contributed by atoms with Gasteiger partial charge in [0.05, 0.1) is 0 Å². The molecule has 2 atom stereocenters. The predicted molar refractivity (Wildman–Crippen MR) is 90.0 cm³/mol. The van der Waals surface area contributed by atoms with E-state index in [0.717, 1.165) is 29.0 Å². The van der Waals surface area contributed by atoms with E-state index in [4.69, 9.17) is 0 Å². The van der Waals surface area contributed by atoms with E-state index < -0.39 is 0 Å². The Balaban J connectivity index is 1.72. The third kappa shape index (κ3) is 5.04. The zero-order valence-electron chi connectivity index (χ0n) is 13.0. The van der Waals surface area contributed by atoms with E-state index in [-0.39, 0.29) is 11.9 Å². The number of rotatable bonds is 6. The Morgan fingerprint density at radius 3 is 2.95 bits per heavy atom. The summed E-state index contributed by atoms with van der Waals surface area (Å²) in [6.45, 7) is 7.88. The van der Waals surface area contributed by atoms with Crippen LogP contribution >= 0.6 is 15.9 Å². The molecule has 118 valence electrons. The minimum absolute atomic E-state index is 0.197. The van der Waals surface area contributed by atoms with Gasteiger partial charge in [0.25, 0.3) is 0 Å². The Bertz CT molecular complexity index is 452. The molecule has 4 heteroatoms. The van der Waals surface area contributed by atoms with Gasteiger partial charge in [-0.1, -0.05) is 28.4 Å². The van der Waals surface area contributed by atoms with Crippen LogP contribution in [0.25, 0.3) is 0 Å². The molecule has 0 radical (unpaired) electrons. The van der Waals surface area contributed by atoms with E-state index in [1.165, 1.54) is 44.5 Å². The molecule has 0 spiro atoms. The fourth-order valence-electron chi connectivity index (χ4n) is 3.05. The molecule has 2 rings (SSSR count). The number of likely N-dealkylation sites (tertiary alicyclic amines) is 1. The Morgan fingerprint density at radius 1 is 1.43 bits per heavy atom. The lowest BCUT2D eigenvalue weighted by atomic mass is 10.0. The number of hydrogen-bond donors (Lipinski definition) is 1. The molecule has 0 saturated carbocycles. The van der Waals surface area contributed by atoms with E-state index in [2.05, 4.69) is 40.0 Å². The zero-order valence-corrected chi connectivity index (χ0v) is 14.6. The van der Waals surface area contributed by atoms with Gasteiger partial charge in [-0.15, -0.1) is 0 Å². The molecular formula is C17H26BrFN2. The van der Waals surface area contributed by atoms with Gasteiger partial charge in [0.1, 0.15) is 5.82 Å². The number of nitrogens with zero attached hydrogens (tertiary/aromatic N) is 1. The first-order valence-corrected chi connectivity index (χ1v) is 8.79. The second-order valence-corrected chi connectivity index (χ2v) is 6.93. The van der Waals surface area contributed by atoms with Crippen LogP contribution in [0.2, 0.25) is 0 Å². The third-order valence-corrected chi connectivity index (χ3v) is 5.13. The van der Waals surface area contributed by atoms with Crippen LogP contribution in [-0.4, -0.2) is 30.6 Å². The smallest absolute Gasteiger partial charge is 0.124 e. The summed E-state index contributed by atoms with van der Waals surface area (Å²) in [7, 11) is 0. The van der Waals surface area contributed by atoms with Crippen LogP contribution in [0.5, 0.6) is 0 Å². The van der Waals surface area contributed by atoms with Crippen LogP contribution in [-0.2, 0) is 0 Å². The van der Waals surface area contributed by atoms with E-state index in [1.807, 2.05) is 6.07 Å². The van der Waals surface area contributed by atoms with E-state index >= 15 is 0 Å². The van der Waals surface area contributed by atoms with Gasteiger partial charge in [-0.25, -0.2) is 4.39 Å². The largest absolute Gasteiger partial charge is 0.310 e. The molecule has 1 saturated heterocycles. The molecule has 1 aliphatic heterocycles. The molecule has 0 bridgehead atoms. The third-order valence-electron chi connectivity index (χ3n) is 4.44. The molecule has 1 aromatic rings. The maximum atomic E-state index is 13.1. The lowest BCUT2D eigenvalue weighted by molar-refractivity contribution is 0.158. The summed E-state index contributed by atoms with van der Waals surface area (Å²) in [5, 5.41) is 3.53. The summed E-state index contributed by atoms with van der Waals surface area (Å²) < 4.78 is 13.9. The van der Waals surface area contributed by atoms with Crippen LogP contribution in [0.1, 0.15) is 51.1 Å². The molecule has 0 amide bonds. The maximum Gasteiger partial charge on any atom is 0.124 e. The van der Waals surface area contributed by atoms with Crippen LogP contribution in [0.3, 0.4) is 0 Å². The van der Waals surface area contributed by atoms with Gasteiger partial charge in [0, 0.05) is 16.6 Å². The van der Waals surface area contributed by atoms with Gasteiger partial charge in [0.15, 0.2) is 0 Å². The first kappa shape index (κ1) is 16.9. The molecular weight excluding hydrogens is 331 g/mol. The standard InChI is InChI=1S/C17H26BrFN2/c1-13-6-3-4-10-21(13)11-5-9-20-14(2)16-8-7-15(19)12-17(16)18/h7-8,12-14,20H,3-6,9-11H2,1-2H3. The highest BCUT2D eigenvalue weighted by Crippen LogP contribution is 2.24. The molecule has 1 fully saturated rings.